The molecule has 7 nitrogen and oxygen atoms in total. The van der Waals surface area contributed by atoms with E-state index in [0.29, 0.717) is 18.7 Å². The third-order valence-electron chi connectivity index (χ3n) is 5.58. The number of likely N-dealkylation sites (tertiary alicyclic amines) is 1. The summed E-state index contributed by atoms with van der Waals surface area (Å²) in [6.45, 7) is 3.41. The third-order valence-corrected chi connectivity index (χ3v) is 5.58. The van der Waals surface area contributed by atoms with Crippen LogP contribution in [0.5, 0.6) is 5.75 Å². The number of hydrogen-bond acceptors (Lipinski definition) is 4. The van der Waals surface area contributed by atoms with Crippen molar-refractivity contribution >= 4 is 22.8 Å². The van der Waals surface area contributed by atoms with E-state index in [1.165, 1.54) is 0 Å². The molecule has 1 aliphatic heterocycles. The van der Waals surface area contributed by atoms with Crippen molar-refractivity contribution in [2.45, 2.75) is 38.6 Å². The SMILES string of the molecule is CCCCOc1ccc(C(=O)NCC(=O)N2CCCC2c2nc3ccccc3[nH]2)cc1. The van der Waals surface area contributed by atoms with Gasteiger partial charge < -0.3 is 19.9 Å². The monoisotopic (exact) mass is 420 g/mol. The average molecular weight is 421 g/mol. The number of H-pyrrole nitrogens is 1. The lowest BCUT2D eigenvalue weighted by Crippen LogP contribution is -2.40. The van der Waals surface area contributed by atoms with Gasteiger partial charge in [-0.15, -0.1) is 0 Å². The summed E-state index contributed by atoms with van der Waals surface area (Å²) >= 11 is 0. The van der Waals surface area contributed by atoms with Gasteiger partial charge in [0, 0.05) is 12.1 Å². The minimum Gasteiger partial charge on any atom is -0.494 e. The minimum atomic E-state index is -0.270. The van der Waals surface area contributed by atoms with Crippen LogP contribution in [0.4, 0.5) is 0 Å². The molecule has 4 rings (SSSR count). The van der Waals surface area contributed by atoms with Gasteiger partial charge in [-0.05, 0) is 55.7 Å². The lowest BCUT2D eigenvalue weighted by molar-refractivity contribution is -0.131. The lowest BCUT2D eigenvalue weighted by Gasteiger charge is -2.23. The molecule has 0 bridgehead atoms. The number of ether oxygens (including phenoxy) is 1. The molecule has 1 atom stereocenters. The van der Waals surface area contributed by atoms with E-state index in [0.717, 1.165) is 48.3 Å². The van der Waals surface area contributed by atoms with Crippen LogP contribution in [0, 0.1) is 0 Å². The van der Waals surface area contributed by atoms with Gasteiger partial charge in [0.15, 0.2) is 0 Å². The standard InChI is InChI=1S/C24H28N4O3/c1-2-3-15-31-18-12-10-17(11-13-18)24(30)25-16-22(29)28-14-6-9-21(28)23-26-19-7-4-5-8-20(19)27-23/h4-5,7-8,10-13,21H,2-3,6,9,14-16H2,1H3,(H,25,30)(H,26,27). The highest BCUT2D eigenvalue weighted by Crippen LogP contribution is 2.31. The van der Waals surface area contributed by atoms with Crippen molar-refractivity contribution in [1.82, 2.24) is 20.2 Å². The highest BCUT2D eigenvalue weighted by atomic mass is 16.5. The summed E-state index contributed by atoms with van der Waals surface area (Å²) in [6, 6.07) is 14.8. The Morgan fingerprint density at radius 3 is 2.77 bits per heavy atom. The Kier molecular flexibility index (Phi) is 6.50. The Labute approximate surface area is 181 Å². The van der Waals surface area contributed by atoms with Crippen LogP contribution < -0.4 is 10.1 Å². The zero-order chi connectivity index (χ0) is 21.6. The molecule has 1 fully saturated rings. The number of benzene rings is 2. The highest BCUT2D eigenvalue weighted by Gasteiger charge is 2.32. The summed E-state index contributed by atoms with van der Waals surface area (Å²) in [6.07, 6.45) is 3.85. The molecule has 2 aromatic carbocycles. The second-order valence-corrected chi connectivity index (χ2v) is 7.79. The number of nitrogens with one attached hydrogen (secondary N) is 2. The van der Waals surface area contributed by atoms with Crippen LogP contribution >= 0.6 is 0 Å². The van der Waals surface area contributed by atoms with E-state index in [-0.39, 0.29) is 24.4 Å². The van der Waals surface area contributed by atoms with E-state index < -0.39 is 0 Å². The molecule has 3 aromatic rings. The molecule has 162 valence electrons. The fraction of sp³-hybridized carbons (Fsp3) is 0.375. The average Bonchev–Trinajstić information content (AvgIpc) is 3.44. The van der Waals surface area contributed by atoms with E-state index in [1.807, 2.05) is 29.2 Å². The van der Waals surface area contributed by atoms with Crippen LogP contribution in [0.3, 0.4) is 0 Å². The van der Waals surface area contributed by atoms with Gasteiger partial charge in [0.05, 0.1) is 30.2 Å². The number of aromatic amines is 1. The second kappa shape index (κ2) is 9.64. The molecule has 0 radical (unpaired) electrons. The molecular formula is C24H28N4O3. The van der Waals surface area contributed by atoms with Crippen molar-refractivity contribution in [3.63, 3.8) is 0 Å². The number of rotatable bonds is 8. The second-order valence-electron chi connectivity index (χ2n) is 7.79. The van der Waals surface area contributed by atoms with Crippen molar-refractivity contribution in [1.29, 1.82) is 0 Å². The summed E-state index contributed by atoms with van der Waals surface area (Å²) in [5.74, 6) is 1.17. The molecule has 1 aliphatic rings. The molecule has 1 saturated heterocycles. The number of aromatic nitrogens is 2. The Balaban J connectivity index is 1.33. The Hall–Kier alpha value is -3.35. The van der Waals surface area contributed by atoms with Crippen LogP contribution in [0.1, 0.15) is 54.8 Å². The van der Waals surface area contributed by atoms with Crippen LogP contribution in [0.2, 0.25) is 0 Å². The molecule has 0 aliphatic carbocycles. The largest absolute Gasteiger partial charge is 0.494 e. The maximum atomic E-state index is 12.8. The van der Waals surface area contributed by atoms with Crippen molar-refractivity contribution in [3.05, 3.63) is 59.9 Å². The smallest absolute Gasteiger partial charge is 0.251 e. The predicted molar refractivity (Wildman–Crippen MR) is 119 cm³/mol. The molecule has 0 spiro atoms. The number of amides is 2. The normalized spacial score (nSPS) is 15.9. The van der Waals surface area contributed by atoms with Gasteiger partial charge in [-0.3, -0.25) is 9.59 Å². The summed E-state index contributed by atoms with van der Waals surface area (Å²) in [4.78, 5) is 35.1. The molecule has 2 N–H and O–H groups in total. The topological polar surface area (TPSA) is 87.3 Å². The Morgan fingerprint density at radius 2 is 2.00 bits per heavy atom. The van der Waals surface area contributed by atoms with Crippen LogP contribution in [0.25, 0.3) is 11.0 Å². The number of hydrogen-bond donors (Lipinski definition) is 2. The van der Waals surface area contributed by atoms with Gasteiger partial charge in [-0.25, -0.2) is 4.98 Å². The number of nitrogens with zero attached hydrogens (tertiary/aromatic N) is 2. The van der Waals surface area contributed by atoms with Gasteiger partial charge in [0.25, 0.3) is 5.91 Å². The van der Waals surface area contributed by atoms with Crippen molar-refractivity contribution < 1.29 is 14.3 Å². The molecule has 1 unspecified atom stereocenters. The number of fused-ring (bicyclic) bond motifs is 1. The van der Waals surface area contributed by atoms with Crippen LogP contribution in [-0.2, 0) is 4.79 Å². The van der Waals surface area contributed by atoms with E-state index in [9.17, 15) is 9.59 Å². The summed E-state index contributed by atoms with van der Waals surface area (Å²) in [5.41, 5.74) is 2.37. The number of carbonyl (C=O) groups is 2. The van der Waals surface area contributed by atoms with E-state index >= 15 is 0 Å². The number of unbranched alkanes of at least 4 members (excludes halogenated alkanes) is 1. The molecule has 2 heterocycles. The molecular weight excluding hydrogens is 392 g/mol. The Bertz CT molecular complexity index is 1010. The first kappa shape index (κ1) is 20.9. The number of para-hydroxylation sites is 2. The van der Waals surface area contributed by atoms with E-state index in [2.05, 4.69) is 22.2 Å². The summed E-state index contributed by atoms with van der Waals surface area (Å²) in [7, 11) is 0. The summed E-state index contributed by atoms with van der Waals surface area (Å²) in [5, 5.41) is 2.74. The summed E-state index contributed by atoms with van der Waals surface area (Å²) < 4.78 is 5.62. The van der Waals surface area contributed by atoms with Gasteiger partial charge in [-0.1, -0.05) is 25.5 Å². The van der Waals surface area contributed by atoms with Gasteiger partial charge in [0.1, 0.15) is 11.6 Å². The number of carbonyl (C=O) groups excluding carboxylic acids is 2. The van der Waals surface area contributed by atoms with Gasteiger partial charge in [0.2, 0.25) is 5.91 Å². The number of imidazole rings is 1. The van der Waals surface area contributed by atoms with Crippen LogP contribution in [0.15, 0.2) is 48.5 Å². The highest BCUT2D eigenvalue weighted by molar-refractivity contribution is 5.96. The zero-order valence-electron chi connectivity index (χ0n) is 17.8. The van der Waals surface area contributed by atoms with Crippen molar-refractivity contribution in [2.24, 2.45) is 0 Å². The molecule has 2 amide bonds. The first-order valence-corrected chi connectivity index (χ1v) is 10.9. The first-order valence-electron chi connectivity index (χ1n) is 10.9. The van der Waals surface area contributed by atoms with Crippen molar-refractivity contribution in [2.75, 3.05) is 19.7 Å². The molecule has 31 heavy (non-hydrogen) atoms. The van der Waals surface area contributed by atoms with Gasteiger partial charge >= 0.3 is 0 Å². The maximum absolute atomic E-state index is 12.8. The zero-order valence-corrected chi connectivity index (χ0v) is 17.8. The van der Waals surface area contributed by atoms with Gasteiger partial charge in [-0.2, -0.15) is 0 Å². The van der Waals surface area contributed by atoms with Crippen molar-refractivity contribution in [3.8, 4) is 5.75 Å². The van der Waals surface area contributed by atoms with E-state index in [1.54, 1.807) is 24.3 Å². The lowest BCUT2D eigenvalue weighted by atomic mass is 10.2. The van der Waals surface area contributed by atoms with E-state index in [4.69, 9.17) is 4.74 Å². The third kappa shape index (κ3) is 4.87. The quantitative estimate of drug-likeness (QED) is 0.542. The maximum Gasteiger partial charge on any atom is 0.251 e. The van der Waals surface area contributed by atoms with Crippen LogP contribution in [-0.4, -0.2) is 46.4 Å². The predicted octanol–water partition coefficient (Wildman–Crippen LogP) is 3.84. The molecule has 1 aromatic heterocycles. The fourth-order valence-corrected chi connectivity index (χ4v) is 3.88. The fourth-order valence-electron chi connectivity index (χ4n) is 3.88. The minimum absolute atomic E-state index is 0.0374. The first-order chi connectivity index (χ1) is 15.2. The Morgan fingerprint density at radius 1 is 1.19 bits per heavy atom. The molecule has 0 saturated carbocycles. The molecule has 7 heteroatoms.